The summed E-state index contributed by atoms with van der Waals surface area (Å²) in [6.45, 7) is 0.299. The molecule has 1 saturated carbocycles. The lowest BCUT2D eigenvalue weighted by Crippen LogP contribution is -2.42. The third-order valence-electron chi connectivity index (χ3n) is 3.34. The predicted octanol–water partition coefficient (Wildman–Crippen LogP) is 2.38. The van der Waals surface area contributed by atoms with Crippen LogP contribution in [0.1, 0.15) is 18.4 Å². The highest BCUT2D eigenvalue weighted by atomic mass is 19.4. The highest BCUT2D eigenvalue weighted by Gasteiger charge is 2.50. The minimum atomic E-state index is -4.45. The van der Waals surface area contributed by atoms with Gasteiger partial charge in [-0.25, -0.2) is 0 Å². The molecule has 7 heteroatoms. The number of ether oxygens (including phenoxy) is 2. The lowest BCUT2D eigenvalue weighted by Gasteiger charge is -2.16. The van der Waals surface area contributed by atoms with E-state index >= 15 is 0 Å². The molecule has 21 heavy (non-hydrogen) atoms. The van der Waals surface area contributed by atoms with Gasteiger partial charge in [0.2, 0.25) is 0 Å². The average molecular weight is 303 g/mol. The Hall–Kier alpha value is -1.76. The van der Waals surface area contributed by atoms with E-state index in [1.54, 1.807) is 0 Å². The maximum absolute atomic E-state index is 12.8. The maximum Gasteiger partial charge on any atom is 0.419 e. The van der Waals surface area contributed by atoms with Crippen molar-refractivity contribution in [2.24, 2.45) is 0 Å². The molecule has 0 aliphatic heterocycles. The summed E-state index contributed by atoms with van der Waals surface area (Å²) in [6.07, 6.45) is -3.12. The molecule has 0 bridgehead atoms. The third kappa shape index (κ3) is 3.66. The molecule has 0 amide bonds. The van der Waals surface area contributed by atoms with Crippen LogP contribution in [0.3, 0.4) is 0 Å². The fourth-order valence-electron chi connectivity index (χ4n) is 2.05. The summed E-state index contributed by atoms with van der Waals surface area (Å²) in [6, 6.07) is 5.04. The van der Waals surface area contributed by atoms with E-state index in [0.29, 0.717) is 12.8 Å². The Balaban J connectivity index is 1.86. The number of hydrogen-bond acceptors (Lipinski definition) is 4. The van der Waals surface area contributed by atoms with Crippen molar-refractivity contribution in [3.05, 3.63) is 29.8 Å². The summed E-state index contributed by atoms with van der Waals surface area (Å²) in [4.78, 5) is 11.5. The SMILES string of the molecule is COC(=O)C1(NCCOc2ccccc2C(F)(F)F)CC1. The van der Waals surface area contributed by atoms with E-state index in [1.165, 1.54) is 25.3 Å². The van der Waals surface area contributed by atoms with Gasteiger partial charge in [-0.1, -0.05) is 12.1 Å². The minimum absolute atomic E-state index is 0.0336. The lowest BCUT2D eigenvalue weighted by molar-refractivity contribution is -0.144. The molecule has 1 aromatic carbocycles. The number of carbonyl (C=O) groups is 1. The van der Waals surface area contributed by atoms with E-state index in [-0.39, 0.29) is 24.9 Å². The molecule has 0 saturated heterocycles. The number of esters is 1. The molecule has 4 nitrogen and oxygen atoms in total. The number of nitrogens with one attached hydrogen (secondary N) is 1. The molecule has 1 N–H and O–H groups in total. The normalized spacial score (nSPS) is 16.4. The van der Waals surface area contributed by atoms with Gasteiger partial charge in [-0.15, -0.1) is 0 Å². The molecule has 1 aliphatic rings. The number of methoxy groups -OCH3 is 1. The molecule has 1 aliphatic carbocycles. The average Bonchev–Trinajstić information content (AvgIpc) is 3.23. The van der Waals surface area contributed by atoms with Gasteiger partial charge in [-0.05, 0) is 25.0 Å². The van der Waals surface area contributed by atoms with Crippen LogP contribution >= 0.6 is 0 Å². The topological polar surface area (TPSA) is 47.6 Å². The molecular weight excluding hydrogens is 287 g/mol. The Bertz CT molecular complexity index is 512. The first-order valence-corrected chi connectivity index (χ1v) is 6.51. The molecule has 1 fully saturated rings. The lowest BCUT2D eigenvalue weighted by atomic mass is 10.2. The minimum Gasteiger partial charge on any atom is -0.492 e. The van der Waals surface area contributed by atoms with E-state index < -0.39 is 17.3 Å². The van der Waals surface area contributed by atoms with Crippen molar-refractivity contribution < 1.29 is 27.4 Å². The number of carbonyl (C=O) groups excluding carboxylic acids is 1. The van der Waals surface area contributed by atoms with Crippen LogP contribution in [0.4, 0.5) is 13.2 Å². The summed E-state index contributed by atoms with van der Waals surface area (Å²) in [7, 11) is 1.31. The van der Waals surface area contributed by atoms with Gasteiger partial charge in [0.05, 0.1) is 12.7 Å². The zero-order chi connectivity index (χ0) is 15.5. The van der Waals surface area contributed by atoms with Crippen LogP contribution in [0.15, 0.2) is 24.3 Å². The largest absolute Gasteiger partial charge is 0.492 e. The van der Waals surface area contributed by atoms with Crippen LogP contribution in [0.25, 0.3) is 0 Å². The van der Waals surface area contributed by atoms with Crippen LogP contribution in [0.2, 0.25) is 0 Å². The Morgan fingerprint density at radius 1 is 1.33 bits per heavy atom. The van der Waals surface area contributed by atoms with Crippen LogP contribution < -0.4 is 10.1 Å². The van der Waals surface area contributed by atoms with Gasteiger partial charge in [0.1, 0.15) is 17.9 Å². The van der Waals surface area contributed by atoms with Crippen molar-refractivity contribution in [2.45, 2.75) is 24.6 Å². The summed E-state index contributed by atoms with van der Waals surface area (Å²) in [5.74, 6) is -0.562. The fourth-order valence-corrected chi connectivity index (χ4v) is 2.05. The molecule has 0 radical (unpaired) electrons. The zero-order valence-corrected chi connectivity index (χ0v) is 11.5. The zero-order valence-electron chi connectivity index (χ0n) is 11.5. The molecule has 1 aromatic rings. The van der Waals surface area contributed by atoms with E-state index in [4.69, 9.17) is 4.74 Å². The first-order chi connectivity index (χ1) is 9.89. The summed E-state index contributed by atoms with van der Waals surface area (Å²) < 4.78 is 48.1. The van der Waals surface area contributed by atoms with Gasteiger partial charge in [0.25, 0.3) is 0 Å². The van der Waals surface area contributed by atoms with Gasteiger partial charge < -0.3 is 9.47 Å². The maximum atomic E-state index is 12.8. The monoisotopic (exact) mass is 303 g/mol. The number of para-hydroxylation sites is 1. The van der Waals surface area contributed by atoms with Crippen molar-refractivity contribution in [1.29, 1.82) is 0 Å². The molecule has 0 heterocycles. The fraction of sp³-hybridized carbons (Fsp3) is 0.500. The van der Waals surface area contributed by atoms with Crippen molar-refractivity contribution in [3.63, 3.8) is 0 Å². The first kappa shape index (κ1) is 15.6. The van der Waals surface area contributed by atoms with Crippen LogP contribution in [-0.4, -0.2) is 31.8 Å². The van der Waals surface area contributed by atoms with E-state index in [0.717, 1.165) is 6.07 Å². The van der Waals surface area contributed by atoms with Crippen molar-refractivity contribution in [2.75, 3.05) is 20.3 Å². The first-order valence-electron chi connectivity index (χ1n) is 6.51. The number of benzene rings is 1. The standard InChI is InChI=1S/C14H16F3NO3/c1-20-12(19)13(6-7-13)18-8-9-21-11-5-3-2-4-10(11)14(15,16)17/h2-5,18H,6-9H2,1H3. The van der Waals surface area contributed by atoms with Crippen molar-refractivity contribution in [1.82, 2.24) is 5.32 Å². The van der Waals surface area contributed by atoms with Crippen molar-refractivity contribution in [3.8, 4) is 5.75 Å². The third-order valence-corrected chi connectivity index (χ3v) is 3.34. The van der Waals surface area contributed by atoms with Crippen LogP contribution in [0, 0.1) is 0 Å². The second-order valence-corrected chi connectivity index (χ2v) is 4.84. The van der Waals surface area contributed by atoms with E-state index in [1.807, 2.05) is 0 Å². The number of hydrogen-bond donors (Lipinski definition) is 1. The molecule has 2 rings (SSSR count). The van der Waals surface area contributed by atoms with Gasteiger partial charge in [0.15, 0.2) is 0 Å². The van der Waals surface area contributed by atoms with Crippen LogP contribution in [0.5, 0.6) is 5.75 Å². The number of alkyl halides is 3. The summed E-state index contributed by atoms with van der Waals surface area (Å²) >= 11 is 0. The predicted molar refractivity (Wildman–Crippen MR) is 68.9 cm³/mol. The molecule has 0 atom stereocenters. The highest BCUT2D eigenvalue weighted by molar-refractivity contribution is 5.84. The highest BCUT2D eigenvalue weighted by Crippen LogP contribution is 2.37. The van der Waals surface area contributed by atoms with Gasteiger partial charge in [-0.2, -0.15) is 13.2 Å². The van der Waals surface area contributed by atoms with Crippen LogP contribution in [-0.2, 0) is 15.7 Å². The summed E-state index contributed by atoms with van der Waals surface area (Å²) in [5.41, 5.74) is -1.49. The van der Waals surface area contributed by atoms with Gasteiger partial charge in [-0.3, -0.25) is 10.1 Å². The Labute approximate surface area is 120 Å². The molecule has 116 valence electrons. The Morgan fingerprint density at radius 2 is 2.00 bits per heavy atom. The van der Waals surface area contributed by atoms with Gasteiger partial charge in [0, 0.05) is 6.54 Å². The second kappa shape index (κ2) is 5.93. The number of halogens is 3. The quantitative estimate of drug-likeness (QED) is 0.647. The molecule has 0 aromatic heterocycles. The van der Waals surface area contributed by atoms with Gasteiger partial charge >= 0.3 is 12.1 Å². The Kier molecular flexibility index (Phi) is 4.41. The molecular formula is C14H16F3NO3. The molecule has 0 unspecified atom stereocenters. The van der Waals surface area contributed by atoms with E-state index in [2.05, 4.69) is 10.1 Å². The molecule has 0 spiro atoms. The number of rotatable bonds is 6. The Morgan fingerprint density at radius 3 is 2.57 bits per heavy atom. The van der Waals surface area contributed by atoms with E-state index in [9.17, 15) is 18.0 Å². The summed E-state index contributed by atoms with van der Waals surface area (Å²) in [5, 5.41) is 2.97. The van der Waals surface area contributed by atoms with Crippen molar-refractivity contribution >= 4 is 5.97 Å². The second-order valence-electron chi connectivity index (χ2n) is 4.84. The smallest absolute Gasteiger partial charge is 0.419 e.